The van der Waals surface area contributed by atoms with Crippen molar-refractivity contribution in [1.29, 1.82) is 0 Å². The third kappa shape index (κ3) is 4.07. The Hall–Kier alpha value is -2.76. The molecule has 26 heavy (non-hydrogen) atoms. The number of methoxy groups -OCH3 is 2. The predicted octanol–water partition coefficient (Wildman–Crippen LogP) is 3.71. The van der Waals surface area contributed by atoms with Crippen LogP contribution < -0.4 is 14.8 Å². The number of likely N-dealkylation sites (tertiary alicyclic amines) is 1. The quantitative estimate of drug-likeness (QED) is 0.886. The highest BCUT2D eigenvalue weighted by molar-refractivity contribution is 5.93. The highest BCUT2D eigenvalue weighted by Crippen LogP contribution is 2.31. The van der Waals surface area contributed by atoms with Gasteiger partial charge in [-0.3, -0.25) is 9.78 Å². The Kier molecular flexibility index (Phi) is 5.61. The summed E-state index contributed by atoms with van der Waals surface area (Å²) >= 11 is 0. The monoisotopic (exact) mass is 355 g/mol. The van der Waals surface area contributed by atoms with Crippen LogP contribution in [-0.4, -0.2) is 43.1 Å². The van der Waals surface area contributed by atoms with Gasteiger partial charge in [-0.15, -0.1) is 0 Å². The first-order chi connectivity index (χ1) is 12.6. The Balaban J connectivity index is 1.78. The number of amides is 1. The maximum atomic E-state index is 12.7. The highest BCUT2D eigenvalue weighted by Gasteiger charge is 2.22. The molecule has 1 aromatic heterocycles. The zero-order valence-electron chi connectivity index (χ0n) is 15.5. The zero-order valence-corrected chi connectivity index (χ0v) is 15.5. The van der Waals surface area contributed by atoms with Crippen LogP contribution in [0.4, 0.5) is 11.4 Å². The van der Waals surface area contributed by atoms with Crippen LogP contribution in [-0.2, 0) is 0 Å². The number of hydrogen-bond acceptors (Lipinski definition) is 5. The molecule has 1 saturated heterocycles. The molecule has 2 aromatic rings. The molecule has 6 nitrogen and oxygen atoms in total. The molecule has 0 radical (unpaired) electrons. The van der Waals surface area contributed by atoms with E-state index in [1.54, 1.807) is 26.5 Å². The van der Waals surface area contributed by atoms with Gasteiger partial charge in [0, 0.05) is 31.0 Å². The normalized spacial score (nSPS) is 14.8. The lowest BCUT2D eigenvalue weighted by Gasteiger charge is -2.30. The number of rotatable bonds is 5. The van der Waals surface area contributed by atoms with Crippen LogP contribution in [0.25, 0.3) is 0 Å². The minimum atomic E-state index is -0.0156. The fraction of sp³-hybridized carbons (Fsp3) is 0.400. The van der Waals surface area contributed by atoms with Crippen LogP contribution in [0.3, 0.4) is 0 Å². The van der Waals surface area contributed by atoms with Crippen molar-refractivity contribution in [2.45, 2.75) is 19.8 Å². The van der Waals surface area contributed by atoms with Gasteiger partial charge >= 0.3 is 0 Å². The number of pyridine rings is 1. The summed E-state index contributed by atoms with van der Waals surface area (Å²) in [6, 6.07) is 9.13. The van der Waals surface area contributed by atoms with E-state index in [1.807, 2.05) is 29.2 Å². The van der Waals surface area contributed by atoms with Crippen LogP contribution in [0.1, 0.15) is 30.3 Å². The first-order valence-electron chi connectivity index (χ1n) is 8.85. The summed E-state index contributed by atoms with van der Waals surface area (Å²) in [6.45, 7) is 3.82. The molecule has 3 rings (SSSR count). The van der Waals surface area contributed by atoms with E-state index in [-0.39, 0.29) is 5.91 Å². The Morgan fingerprint density at radius 2 is 1.92 bits per heavy atom. The molecule has 2 heterocycles. The van der Waals surface area contributed by atoms with E-state index < -0.39 is 0 Å². The summed E-state index contributed by atoms with van der Waals surface area (Å²) in [5.41, 5.74) is 2.00. The molecule has 1 amide bonds. The van der Waals surface area contributed by atoms with Gasteiger partial charge in [0.25, 0.3) is 5.91 Å². The largest absolute Gasteiger partial charge is 0.497 e. The number of carbonyl (C=O) groups is 1. The SMILES string of the molecule is COc1ccc(OC)c(Nc2ccnc(C(=O)N3CCC(C)CC3)c2)c1. The van der Waals surface area contributed by atoms with E-state index in [0.29, 0.717) is 17.4 Å². The van der Waals surface area contributed by atoms with Crippen LogP contribution in [0.5, 0.6) is 11.5 Å². The van der Waals surface area contributed by atoms with Gasteiger partial charge in [0.15, 0.2) is 0 Å². The summed E-state index contributed by atoms with van der Waals surface area (Å²) in [6.07, 6.45) is 3.74. The van der Waals surface area contributed by atoms with Gasteiger partial charge < -0.3 is 19.7 Å². The topological polar surface area (TPSA) is 63.7 Å². The van der Waals surface area contributed by atoms with Crippen LogP contribution in [0.15, 0.2) is 36.5 Å². The lowest BCUT2D eigenvalue weighted by molar-refractivity contribution is 0.0691. The lowest BCUT2D eigenvalue weighted by atomic mass is 9.99. The number of nitrogens with one attached hydrogen (secondary N) is 1. The van der Waals surface area contributed by atoms with E-state index in [0.717, 1.165) is 43.1 Å². The third-order valence-electron chi connectivity index (χ3n) is 4.74. The second-order valence-electron chi connectivity index (χ2n) is 6.60. The number of hydrogen-bond donors (Lipinski definition) is 1. The van der Waals surface area contributed by atoms with E-state index >= 15 is 0 Å². The van der Waals surface area contributed by atoms with Crippen molar-refractivity contribution in [3.63, 3.8) is 0 Å². The van der Waals surface area contributed by atoms with Gasteiger partial charge in [-0.1, -0.05) is 6.92 Å². The summed E-state index contributed by atoms with van der Waals surface area (Å²) in [5.74, 6) is 2.08. The van der Waals surface area contributed by atoms with Gasteiger partial charge in [-0.2, -0.15) is 0 Å². The number of carbonyl (C=O) groups excluding carboxylic acids is 1. The molecule has 6 heteroatoms. The number of ether oxygens (including phenoxy) is 2. The van der Waals surface area contributed by atoms with Crippen LogP contribution >= 0.6 is 0 Å². The number of aromatic nitrogens is 1. The van der Waals surface area contributed by atoms with Crippen molar-refractivity contribution in [3.05, 3.63) is 42.2 Å². The van der Waals surface area contributed by atoms with Crippen LogP contribution in [0.2, 0.25) is 0 Å². The summed E-state index contributed by atoms with van der Waals surface area (Å²) in [7, 11) is 3.24. The molecule has 138 valence electrons. The molecule has 1 aromatic carbocycles. The average molecular weight is 355 g/mol. The van der Waals surface area contributed by atoms with Crippen molar-refractivity contribution in [3.8, 4) is 11.5 Å². The van der Waals surface area contributed by atoms with E-state index in [9.17, 15) is 4.79 Å². The van der Waals surface area contributed by atoms with Crippen molar-refractivity contribution in [1.82, 2.24) is 9.88 Å². The maximum Gasteiger partial charge on any atom is 0.272 e. The van der Waals surface area contributed by atoms with Crippen molar-refractivity contribution < 1.29 is 14.3 Å². The van der Waals surface area contributed by atoms with E-state index in [1.165, 1.54) is 0 Å². The number of benzene rings is 1. The second-order valence-corrected chi connectivity index (χ2v) is 6.60. The molecular weight excluding hydrogens is 330 g/mol. The first kappa shape index (κ1) is 18.0. The summed E-state index contributed by atoms with van der Waals surface area (Å²) < 4.78 is 10.7. The Morgan fingerprint density at radius 3 is 2.62 bits per heavy atom. The predicted molar refractivity (Wildman–Crippen MR) is 101 cm³/mol. The van der Waals surface area contributed by atoms with Crippen LogP contribution in [0, 0.1) is 5.92 Å². The number of nitrogens with zero attached hydrogens (tertiary/aromatic N) is 2. The molecule has 1 aliphatic heterocycles. The summed E-state index contributed by atoms with van der Waals surface area (Å²) in [5, 5.41) is 3.29. The molecule has 0 atom stereocenters. The molecule has 1 fully saturated rings. The fourth-order valence-electron chi connectivity index (χ4n) is 3.07. The molecule has 0 spiro atoms. The number of anilines is 2. The van der Waals surface area contributed by atoms with Crippen molar-refractivity contribution >= 4 is 17.3 Å². The van der Waals surface area contributed by atoms with Crippen molar-refractivity contribution in [2.75, 3.05) is 32.6 Å². The molecular formula is C20H25N3O3. The van der Waals surface area contributed by atoms with Gasteiger partial charge in [0.2, 0.25) is 0 Å². The minimum absolute atomic E-state index is 0.0156. The fourth-order valence-corrected chi connectivity index (χ4v) is 3.07. The molecule has 0 bridgehead atoms. The average Bonchev–Trinajstić information content (AvgIpc) is 2.68. The van der Waals surface area contributed by atoms with Gasteiger partial charge in [-0.25, -0.2) is 0 Å². The molecule has 0 saturated carbocycles. The minimum Gasteiger partial charge on any atom is -0.497 e. The maximum absolute atomic E-state index is 12.7. The Labute approximate surface area is 154 Å². The van der Waals surface area contributed by atoms with Gasteiger partial charge in [0.05, 0.1) is 19.9 Å². The Morgan fingerprint density at radius 1 is 1.15 bits per heavy atom. The molecule has 1 N–H and O–H groups in total. The molecule has 0 aliphatic carbocycles. The standard InChI is InChI=1S/C20H25N3O3/c1-14-7-10-23(11-8-14)20(24)18-12-15(6-9-21-18)22-17-13-16(25-2)4-5-19(17)26-3/h4-6,9,12-14H,7-8,10-11H2,1-3H3,(H,21,22). The smallest absolute Gasteiger partial charge is 0.272 e. The van der Waals surface area contributed by atoms with Gasteiger partial charge in [0.1, 0.15) is 17.2 Å². The van der Waals surface area contributed by atoms with Crippen molar-refractivity contribution in [2.24, 2.45) is 5.92 Å². The molecule has 1 aliphatic rings. The van der Waals surface area contributed by atoms with E-state index in [2.05, 4.69) is 17.2 Å². The molecule has 0 unspecified atom stereocenters. The third-order valence-corrected chi connectivity index (χ3v) is 4.74. The Bertz CT molecular complexity index is 771. The lowest BCUT2D eigenvalue weighted by Crippen LogP contribution is -2.38. The number of piperidine rings is 1. The van der Waals surface area contributed by atoms with E-state index in [4.69, 9.17) is 9.47 Å². The highest BCUT2D eigenvalue weighted by atomic mass is 16.5. The van der Waals surface area contributed by atoms with Gasteiger partial charge in [-0.05, 0) is 43.0 Å². The summed E-state index contributed by atoms with van der Waals surface area (Å²) in [4.78, 5) is 18.9. The second kappa shape index (κ2) is 8.08. The first-order valence-corrected chi connectivity index (χ1v) is 8.85. The zero-order chi connectivity index (χ0) is 18.5.